The molecule has 1 atom stereocenters. The Morgan fingerprint density at radius 2 is 2.19 bits per heavy atom. The van der Waals surface area contributed by atoms with Crippen LogP contribution in [0.1, 0.15) is 18.4 Å². The van der Waals surface area contributed by atoms with Crippen molar-refractivity contribution in [1.29, 1.82) is 0 Å². The number of aliphatic hydroxyl groups excluding tert-OH is 1. The van der Waals surface area contributed by atoms with Crippen LogP contribution in [0.5, 0.6) is 0 Å². The summed E-state index contributed by atoms with van der Waals surface area (Å²) in [5.41, 5.74) is 1.26. The van der Waals surface area contributed by atoms with E-state index in [0.717, 1.165) is 25.1 Å². The predicted molar refractivity (Wildman–Crippen MR) is 86.7 cm³/mol. The Kier molecular flexibility index (Phi) is 6.39. The number of likely N-dealkylation sites (tertiary alicyclic amines) is 1. The number of piperidine rings is 1. The number of urea groups is 1. The number of carbonyl (C=O) groups excluding carboxylic acids is 1. The zero-order valence-electron chi connectivity index (χ0n) is 12.5. The fraction of sp³-hybridized carbons (Fsp3) is 0.562. The van der Waals surface area contributed by atoms with Gasteiger partial charge in [-0.15, -0.1) is 11.8 Å². The summed E-state index contributed by atoms with van der Waals surface area (Å²) >= 11 is 1.75. The van der Waals surface area contributed by atoms with Gasteiger partial charge >= 0.3 is 6.03 Å². The summed E-state index contributed by atoms with van der Waals surface area (Å²) in [5.74, 6) is 1.11. The van der Waals surface area contributed by atoms with Crippen molar-refractivity contribution in [3.63, 3.8) is 0 Å². The molecule has 2 amide bonds. The van der Waals surface area contributed by atoms with Crippen molar-refractivity contribution in [1.82, 2.24) is 10.2 Å². The van der Waals surface area contributed by atoms with Crippen molar-refractivity contribution in [2.45, 2.75) is 24.7 Å². The average Bonchev–Trinajstić information content (AvgIpc) is 2.53. The minimum Gasteiger partial charge on any atom is -0.396 e. The fourth-order valence-corrected chi connectivity index (χ4v) is 3.24. The van der Waals surface area contributed by atoms with Gasteiger partial charge in [-0.2, -0.15) is 0 Å². The highest BCUT2D eigenvalue weighted by molar-refractivity contribution is 7.99. The van der Waals surface area contributed by atoms with Gasteiger partial charge in [-0.3, -0.25) is 0 Å². The van der Waals surface area contributed by atoms with E-state index in [-0.39, 0.29) is 18.6 Å². The molecule has 1 unspecified atom stereocenters. The number of aliphatic hydroxyl groups is 1. The van der Waals surface area contributed by atoms with Crippen molar-refractivity contribution in [3.05, 3.63) is 29.8 Å². The molecule has 4 nitrogen and oxygen atoms in total. The van der Waals surface area contributed by atoms with Gasteiger partial charge in [-0.25, -0.2) is 4.79 Å². The number of hydrogen-bond acceptors (Lipinski definition) is 3. The van der Waals surface area contributed by atoms with E-state index in [1.165, 1.54) is 10.5 Å². The molecule has 1 aliphatic rings. The second-order valence-corrected chi connectivity index (χ2v) is 6.70. The van der Waals surface area contributed by atoms with Crippen LogP contribution < -0.4 is 5.32 Å². The maximum atomic E-state index is 12.0. The first-order valence-corrected chi connectivity index (χ1v) is 8.50. The molecule has 2 rings (SSSR count). The molecule has 2 N–H and O–H groups in total. The Morgan fingerprint density at radius 1 is 1.43 bits per heavy atom. The molecule has 116 valence electrons. The summed E-state index contributed by atoms with van der Waals surface area (Å²) in [7, 11) is 0. The summed E-state index contributed by atoms with van der Waals surface area (Å²) in [6.45, 7) is 4.39. The van der Waals surface area contributed by atoms with Gasteiger partial charge in [0.25, 0.3) is 0 Å². The average molecular weight is 308 g/mol. The molecular weight excluding hydrogens is 284 g/mol. The molecule has 0 radical (unpaired) electrons. The predicted octanol–water partition coefficient (Wildman–Crippen LogP) is 2.50. The Labute approximate surface area is 130 Å². The van der Waals surface area contributed by atoms with Gasteiger partial charge in [0, 0.05) is 36.9 Å². The number of amides is 2. The monoisotopic (exact) mass is 308 g/mol. The van der Waals surface area contributed by atoms with E-state index in [0.29, 0.717) is 13.1 Å². The highest BCUT2D eigenvalue weighted by atomic mass is 32.2. The Balaban J connectivity index is 1.66. The standard InChI is InChI=1S/C16H24N2O2S/c1-13-4-6-15(7-5-13)21-10-8-17-16(20)18-9-2-3-14(11-18)12-19/h4-7,14,19H,2-3,8-12H2,1H3,(H,17,20). The molecular formula is C16H24N2O2S. The van der Waals surface area contributed by atoms with Gasteiger partial charge in [-0.05, 0) is 37.8 Å². The third-order valence-electron chi connectivity index (χ3n) is 3.73. The van der Waals surface area contributed by atoms with Crippen LogP contribution in [0, 0.1) is 12.8 Å². The first kappa shape index (κ1) is 16.2. The van der Waals surface area contributed by atoms with Crippen molar-refractivity contribution in [2.75, 3.05) is 32.0 Å². The third kappa shape index (κ3) is 5.25. The van der Waals surface area contributed by atoms with Crippen molar-refractivity contribution < 1.29 is 9.90 Å². The number of benzene rings is 1. The number of aryl methyl sites for hydroxylation is 1. The quantitative estimate of drug-likeness (QED) is 0.649. The molecule has 0 saturated carbocycles. The van der Waals surface area contributed by atoms with Crippen LogP contribution in [0.3, 0.4) is 0 Å². The van der Waals surface area contributed by atoms with Crippen LogP contribution in [0.2, 0.25) is 0 Å². The molecule has 5 heteroatoms. The summed E-state index contributed by atoms with van der Waals surface area (Å²) < 4.78 is 0. The molecule has 1 heterocycles. The Morgan fingerprint density at radius 3 is 2.90 bits per heavy atom. The zero-order valence-corrected chi connectivity index (χ0v) is 13.4. The van der Waals surface area contributed by atoms with Crippen LogP contribution in [-0.4, -0.2) is 48.0 Å². The van der Waals surface area contributed by atoms with E-state index in [2.05, 4.69) is 36.5 Å². The maximum Gasteiger partial charge on any atom is 0.317 e. The summed E-state index contributed by atoms with van der Waals surface area (Å²) in [5, 5.41) is 12.2. The van der Waals surface area contributed by atoms with Gasteiger partial charge in [0.05, 0.1) is 0 Å². The van der Waals surface area contributed by atoms with E-state index in [1.54, 1.807) is 11.8 Å². The highest BCUT2D eigenvalue weighted by Crippen LogP contribution is 2.18. The summed E-state index contributed by atoms with van der Waals surface area (Å²) in [6.07, 6.45) is 2.00. The Hall–Kier alpha value is -1.20. The van der Waals surface area contributed by atoms with Crippen molar-refractivity contribution in [2.24, 2.45) is 5.92 Å². The number of nitrogens with zero attached hydrogens (tertiary/aromatic N) is 1. The molecule has 0 aliphatic carbocycles. The molecule has 1 aromatic rings. The van der Waals surface area contributed by atoms with E-state index in [1.807, 2.05) is 4.90 Å². The van der Waals surface area contributed by atoms with E-state index < -0.39 is 0 Å². The van der Waals surface area contributed by atoms with Crippen LogP contribution in [0.4, 0.5) is 4.79 Å². The topological polar surface area (TPSA) is 52.6 Å². The molecule has 1 fully saturated rings. The number of hydrogen-bond donors (Lipinski definition) is 2. The number of nitrogens with one attached hydrogen (secondary N) is 1. The lowest BCUT2D eigenvalue weighted by molar-refractivity contribution is 0.130. The smallest absolute Gasteiger partial charge is 0.317 e. The van der Waals surface area contributed by atoms with Gasteiger partial charge in [-0.1, -0.05) is 17.7 Å². The SMILES string of the molecule is Cc1ccc(SCCNC(=O)N2CCCC(CO)C2)cc1. The molecule has 1 aromatic carbocycles. The summed E-state index contributed by atoms with van der Waals surface area (Å²) in [6, 6.07) is 8.42. The lowest BCUT2D eigenvalue weighted by Gasteiger charge is -2.31. The Bertz CT molecular complexity index is 450. The van der Waals surface area contributed by atoms with Crippen molar-refractivity contribution >= 4 is 17.8 Å². The van der Waals surface area contributed by atoms with Crippen LogP contribution in [-0.2, 0) is 0 Å². The number of rotatable bonds is 5. The molecule has 21 heavy (non-hydrogen) atoms. The second-order valence-electron chi connectivity index (χ2n) is 5.53. The number of carbonyl (C=O) groups is 1. The highest BCUT2D eigenvalue weighted by Gasteiger charge is 2.22. The van der Waals surface area contributed by atoms with Crippen LogP contribution >= 0.6 is 11.8 Å². The molecule has 0 bridgehead atoms. The van der Waals surface area contributed by atoms with Gasteiger partial charge < -0.3 is 15.3 Å². The lowest BCUT2D eigenvalue weighted by Crippen LogP contribution is -2.46. The van der Waals surface area contributed by atoms with Gasteiger partial charge in [0.2, 0.25) is 0 Å². The van der Waals surface area contributed by atoms with E-state index in [9.17, 15) is 9.90 Å². The lowest BCUT2D eigenvalue weighted by atomic mass is 9.99. The fourth-order valence-electron chi connectivity index (χ4n) is 2.47. The molecule has 1 aliphatic heterocycles. The van der Waals surface area contributed by atoms with Crippen molar-refractivity contribution in [3.8, 4) is 0 Å². The van der Waals surface area contributed by atoms with Crippen LogP contribution in [0.15, 0.2) is 29.2 Å². The van der Waals surface area contributed by atoms with E-state index in [4.69, 9.17) is 0 Å². The minimum absolute atomic E-state index is 0.00217. The van der Waals surface area contributed by atoms with Crippen LogP contribution in [0.25, 0.3) is 0 Å². The normalized spacial score (nSPS) is 18.6. The molecule has 0 aromatic heterocycles. The van der Waals surface area contributed by atoms with Gasteiger partial charge in [0.15, 0.2) is 0 Å². The summed E-state index contributed by atoms with van der Waals surface area (Å²) in [4.78, 5) is 15.1. The maximum absolute atomic E-state index is 12.0. The second kappa shape index (κ2) is 8.29. The van der Waals surface area contributed by atoms with E-state index >= 15 is 0 Å². The molecule has 1 saturated heterocycles. The minimum atomic E-state index is -0.00217. The number of thioether (sulfide) groups is 1. The third-order valence-corrected chi connectivity index (χ3v) is 4.75. The largest absolute Gasteiger partial charge is 0.396 e. The zero-order chi connectivity index (χ0) is 15.1. The first-order chi connectivity index (χ1) is 10.2. The first-order valence-electron chi connectivity index (χ1n) is 7.52. The molecule has 0 spiro atoms. The van der Waals surface area contributed by atoms with Gasteiger partial charge in [0.1, 0.15) is 0 Å².